The molecule has 0 radical (unpaired) electrons. The first-order valence-electron chi connectivity index (χ1n) is 7.61. The van der Waals surface area contributed by atoms with Gasteiger partial charge in [-0.15, -0.1) is 0 Å². The Labute approximate surface area is 132 Å². The van der Waals surface area contributed by atoms with Gasteiger partial charge in [-0.25, -0.2) is 9.78 Å². The van der Waals surface area contributed by atoms with Crippen molar-refractivity contribution in [3.05, 3.63) is 53.7 Å². The number of carbonyl (C=O) groups excluding carboxylic acids is 1. The number of para-hydroxylation sites is 1. The Hall–Kier alpha value is -2.36. The highest BCUT2D eigenvalue weighted by Gasteiger charge is 2.15. The third kappa shape index (κ3) is 3.85. The number of amides is 2. The van der Waals surface area contributed by atoms with Crippen LogP contribution in [0.15, 0.2) is 42.6 Å². The van der Waals surface area contributed by atoms with Crippen LogP contribution < -0.4 is 10.6 Å². The van der Waals surface area contributed by atoms with Gasteiger partial charge in [0.25, 0.3) is 0 Å². The highest BCUT2D eigenvalue weighted by Crippen LogP contribution is 2.32. The number of benzene rings is 1. The second-order valence-corrected chi connectivity index (χ2v) is 5.91. The predicted molar refractivity (Wildman–Crippen MR) is 91.5 cm³/mol. The molecule has 1 aromatic carbocycles. The van der Waals surface area contributed by atoms with Crippen LogP contribution in [0.5, 0.6) is 0 Å². The highest BCUT2D eigenvalue weighted by molar-refractivity contribution is 6.00. The minimum absolute atomic E-state index is 0.270. The number of nitrogens with one attached hydrogen (secondary N) is 2. The second kappa shape index (κ2) is 7.07. The van der Waals surface area contributed by atoms with E-state index in [1.165, 1.54) is 0 Å². The van der Waals surface area contributed by atoms with Gasteiger partial charge in [0.2, 0.25) is 0 Å². The molecule has 0 atom stereocenters. The Morgan fingerprint density at radius 3 is 2.05 bits per heavy atom. The highest BCUT2D eigenvalue weighted by atomic mass is 16.2. The Bertz CT molecular complexity index is 610. The molecule has 2 amide bonds. The number of nitrogens with zero attached hydrogens (tertiary/aromatic N) is 1. The Balaban J connectivity index is 2.25. The molecule has 0 aliphatic carbocycles. The van der Waals surface area contributed by atoms with Gasteiger partial charge in [0, 0.05) is 11.9 Å². The second-order valence-electron chi connectivity index (χ2n) is 5.91. The molecule has 0 fully saturated rings. The molecule has 0 spiro atoms. The van der Waals surface area contributed by atoms with Crippen LogP contribution in [0.3, 0.4) is 0 Å². The molecule has 2 aromatic rings. The molecule has 4 nitrogen and oxygen atoms in total. The number of pyridine rings is 1. The van der Waals surface area contributed by atoms with Crippen LogP contribution in [0.2, 0.25) is 0 Å². The fraction of sp³-hybridized carbons (Fsp3) is 0.333. The lowest BCUT2D eigenvalue weighted by Gasteiger charge is -2.20. The van der Waals surface area contributed by atoms with Gasteiger partial charge in [0.1, 0.15) is 5.82 Å². The van der Waals surface area contributed by atoms with Gasteiger partial charge >= 0.3 is 6.03 Å². The first kappa shape index (κ1) is 16.0. The maximum absolute atomic E-state index is 12.3. The van der Waals surface area contributed by atoms with Crippen LogP contribution in [0.1, 0.15) is 50.7 Å². The predicted octanol–water partition coefficient (Wildman–Crippen LogP) is 4.97. The maximum atomic E-state index is 12.3. The number of hydrogen-bond donors (Lipinski definition) is 2. The summed E-state index contributed by atoms with van der Waals surface area (Å²) in [7, 11) is 0. The van der Waals surface area contributed by atoms with Gasteiger partial charge in [0.15, 0.2) is 0 Å². The summed E-state index contributed by atoms with van der Waals surface area (Å²) in [6.07, 6.45) is 1.65. The van der Waals surface area contributed by atoms with E-state index in [9.17, 15) is 4.79 Å². The van der Waals surface area contributed by atoms with Crippen LogP contribution >= 0.6 is 0 Å². The molecule has 0 aliphatic heterocycles. The zero-order valence-electron chi connectivity index (χ0n) is 13.6. The molecular weight excluding hydrogens is 274 g/mol. The molecule has 0 aliphatic rings. The summed E-state index contributed by atoms with van der Waals surface area (Å²) in [5.74, 6) is 1.21. The maximum Gasteiger partial charge on any atom is 0.324 e. The molecular formula is C18H23N3O. The van der Waals surface area contributed by atoms with E-state index < -0.39 is 0 Å². The van der Waals surface area contributed by atoms with Crippen LogP contribution in [-0.4, -0.2) is 11.0 Å². The van der Waals surface area contributed by atoms with Crippen molar-refractivity contribution in [1.82, 2.24) is 4.98 Å². The van der Waals surface area contributed by atoms with Gasteiger partial charge < -0.3 is 5.32 Å². The normalized spacial score (nSPS) is 10.8. The van der Waals surface area contributed by atoms with Crippen molar-refractivity contribution in [2.45, 2.75) is 39.5 Å². The summed E-state index contributed by atoms with van der Waals surface area (Å²) in [5.41, 5.74) is 3.19. The lowest BCUT2D eigenvalue weighted by Crippen LogP contribution is -2.22. The zero-order chi connectivity index (χ0) is 16.1. The monoisotopic (exact) mass is 297 g/mol. The van der Waals surface area contributed by atoms with E-state index >= 15 is 0 Å². The zero-order valence-corrected chi connectivity index (χ0v) is 13.6. The molecule has 0 unspecified atom stereocenters. The molecule has 1 aromatic heterocycles. The van der Waals surface area contributed by atoms with Crippen molar-refractivity contribution in [2.75, 3.05) is 10.6 Å². The van der Waals surface area contributed by atoms with Crippen LogP contribution in [-0.2, 0) is 0 Å². The van der Waals surface area contributed by atoms with E-state index in [4.69, 9.17) is 0 Å². The number of anilines is 2. The molecule has 2 N–H and O–H groups in total. The third-order valence-corrected chi connectivity index (χ3v) is 3.52. The largest absolute Gasteiger partial charge is 0.324 e. The number of urea groups is 1. The Morgan fingerprint density at radius 2 is 1.55 bits per heavy atom. The van der Waals surface area contributed by atoms with Crippen LogP contribution in [0.4, 0.5) is 16.3 Å². The number of hydrogen-bond acceptors (Lipinski definition) is 2. The van der Waals surface area contributed by atoms with Gasteiger partial charge in [-0.05, 0) is 35.1 Å². The van der Waals surface area contributed by atoms with Gasteiger partial charge in [-0.3, -0.25) is 5.32 Å². The Morgan fingerprint density at radius 1 is 0.909 bits per heavy atom. The van der Waals surface area contributed by atoms with Crippen molar-refractivity contribution < 1.29 is 4.79 Å². The summed E-state index contributed by atoms with van der Waals surface area (Å²) in [4.78, 5) is 16.4. The lowest BCUT2D eigenvalue weighted by atomic mass is 9.93. The first-order valence-corrected chi connectivity index (χ1v) is 7.61. The summed E-state index contributed by atoms with van der Waals surface area (Å²) in [5, 5.41) is 5.76. The number of aromatic nitrogens is 1. The molecule has 2 rings (SSSR count). The van der Waals surface area contributed by atoms with Crippen molar-refractivity contribution in [3.63, 3.8) is 0 Å². The number of rotatable bonds is 4. The quantitative estimate of drug-likeness (QED) is 0.837. The van der Waals surface area contributed by atoms with E-state index in [-0.39, 0.29) is 6.03 Å². The fourth-order valence-corrected chi connectivity index (χ4v) is 2.39. The molecule has 0 bridgehead atoms. The minimum atomic E-state index is -0.270. The molecule has 116 valence electrons. The Kier molecular flexibility index (Phi) is 5.15. The van der Waals surface area contributed by atoms with E-state index in [0.29, 0.717) is 17.7 Å². The minimum Gasteiger partial charge on any atom is -0.307 e. The van der Waals surface area contributed by atoms with Crippen molar-refractivity contribution in [1.29, 1.82) is 0 Å². The lowest BCUT2D eigenvalue weighted by molar-refractivity contribution is 0.262. The average molecular weight is 297 g/mol. The number of carbonyl (C=O) groups is 1. The summed E-state index contributed by atoms with van der Waals surface area (Å²) >= 11 is 0. The first-order chi connectivity index (χ1) is 10.5. The summed E-state index contributed by atoms with van der Waals surface area (Å²) < 4.78 is 0. The van der Waals surface area contributed by atoms with Crippen molar-refractivity contribution in [2.24, 2.45) is 0 Å². The van der Waals surface area contributed by atoms with E-state index in [1.807, 2.05) is 18.2 Å². The van der Waals surface area contributed by atoms with Gasteiger partial charge in [-0.1, -0.05) is 52.0 Å². The van der Waals surface area contributed by atoms with E-state index in [0.717, 1.165) is 16.8 Å². The van der Waals surface area contributed by atoms with Crippen molar-refractivity contribution in [3.8, 4) is 0 Å². The molecule has 0 saturated carbocycles. The third-order valence-electron chi connectivity index (χ3n) is 3.52. The van der Waals surface area contributed by atoms with Gasteiger partial charge in [0.05, 0.1) is 0 Å². The van der Waals surface area contributed by atoms with Gasteiger partial charge in [-0.2, -0.15) is 0 Å². The average Bonchev–Trinajstić information content (AvgIpc) is 2.47. The molecule has 1 heterocycles. The molecule has 22 heavy (non-hydrogen) atoms. The van der Waals surface area contributed by atoms with E-state index in [2.05, 4.69) is 55.4 Å². The van der Waals surface area contributed by atoms with Crippen LogP contribution in [0.25, 0.3) is 0 Å². The SMILES string of the molecule is CC(C)c1cccc(C(C)C)c1NC(=O)Nc1ccccn1. The molecule has 0 saturated heterocycles. The topological polar surface area (TPSA) is 54.0 Å². The standard InChI is InChI=1S/C18H23N3O/c1-12(2)14-8-7-9-15(13(3)4)17(14)21-18(22)20-16-10-5-6-11-19-16/h5-13H,1-4H3,(H2,19,20,21,22). The summed E-state index contributed by atoms with van der Waals surface area (Å²) in [6, 6.07) is 11.3. The van der Waals surface area contributed by atoms with Crippen molar-refractivity contribution >= 4 is 17.5 Å². The smallest absolute Gasteiger partial charge is 0.307 e. The summed E-state index contributed by atoms with van der Waals surface area (Å²) in [6.45, 7) is 8.51. The van der Waals surface area contributed by atoms with Crippen LogP contribution in [0, 0.1) is 0 Å². The fourth-order valence-electron chi connectivity index (χ4n) is 2.39. The van der Waals surface area contributed by atoms with E-state index in [1.54, 1.807) is 12.3 Å². The molecule has 4 heteroatoms.